The lowest BCUT2D eigenvalue weighted by Crippen LogP contribution is -2.58. The van der Waals surface area contributed by atoms with Gasteiger partial charge in [0.2, 0.25) is 5.91 Å². The molecule has 200 valence electrons. The van der Waals surface area contributed by atoms with E-state index < -0.39 is 35.9 Å². The SMILES string of the molecule is Cc1nc(N[C@H](C)c2cccc(C(F)F)c2F)c2cc3c(cc2n1)OC[C@H]1CN(C(=O)[C@@H]2C[C@@H]2F)CCN31. The van der Waals surface area contributed by atoms with Gasteiger partial charge in [0, 0.05) is 36.7 Å². The first-order chi connectivity index (χ1) is 18.2. The van der Waals surface area contributed by atoms with Crippen molar-refractivity contribution >= 4 is 28.3 Å². The number of rotatable bonds is 5. The molecule has 1 aromatic heterocycles. The van der Waals surface area contributed by atoms with Gasteiger partial charge in [-0.2, -0.15) is 0 Å². The standard InChI is InChI=1S/C27H27F4N5O2/c1-13(16-4-3-5-17(24(16)29)25(30)31)32-26-19-9-22-23(10-21(19)33-14(2)34-26)38-12-15-11-35(6-7-36(15)22)27(37)18-8-20(18)28/h3-5,9-10,13,15,18,20,25H,6-8,11-12H2,1-2H3,(H,32,33,34)/t13-,15-,18-,20+/m1/s1. The smallest absolute Gasteiger partial charge is 0.266 e. The number of alkyl halides is 3. The van der Waals surface area contributed by atoms with Gasteiger partial charge in [0.05, 0.1) is 34.8 Å². The zero-order valence-electron chi connectivity index (χ0n) is 20.9. The van der Waals surface area contributed by atoms with Crippen molar-refractivity contribution in [3.63, 3.8) is 0 Å². The molecular weight excluding hydrogens is 502 g/mol. The Balaban J connectivity index is 1.30. The Morgan fingerprint density at radius 2 is 1.95 bits per heavy atom. The fourth-order valence-electron chi connectivity index (χ4n) is 5.42. The maximum atomic E-state index is 14.8. The third kappa shape index (κ3) is 4.27. The minimum absolute atomic E-state index is 0.0812. The molecule has 3 aliphatic rings. The van der Waals surface area contributed by atoms with Crippen LogP contribution in [0.5, 0.6) is 5.75 Å². The second-order valence-corrected chi connectivity index (χ2v) is 10.2. The molecule has 1 aliphatic carbocycles. The first-order valence-electron chi connectivity index (χ1n) is 12.7. The second-order valence-electron chi connectivity index (χ2n) is 10.2. The summed E-state index contributed by atoms with van der Waals surface area (Å²) in [5.41, 5.74) is 0.923. The van der Waals surface area contributed by atoms with Gasteiger partial charge < -0.3 is 19.9 Å². The summed E-state index contributed by atoms with van der Waals surface area (Å²) in [6, 6.07) is 6.98. The van der Waals surface area contributed by atoms with E-state index in [1.165, 1.54) is 12.1 Å². The molecular formula is C27H27F4N5O2. The topological polar surface area (TPSA) is 70.6 Å². The number of amides is 1. The van der Waals surface area contributed by atoms with Gasteiger partial charge in [-0.3, -0.25) is 4.79 Å². The van der Waals surface area contributed by atoms with Crippen molar-refractivity contribution < 1.29 is 27.1 Å². The lowest BCUT2D eigenvalue weighted by molar-refractivity contribution is -0.134. The van der Waals surface area contributed by atoms with E-state index in [-0.39, 0.29) is 17.5 Å². The molecule has 6 rings (SSSR count). The Kier molecular flexibility index (Phi) is 6.03. The van der Waals surface area contributed by atoms with Crippen LogP contribution in [-0.2, 0) is 4.79 Å². The summed E-state index contributed by atoms with van der Waals surface area (Å²) in [5, 5.41) is 3.86. The highest BCUT2D eigenvalue weighted by Gasteiger charge is 2.47. The van der Waals surface area contributed by atoms with Crippen LogP contribution in [0.1, 0.15) is 42.8 Å². The molecule has 7 nitrogen and oxygen atoms in total. The van der Waals surface area contributed by atoms with Gasteiger partial charge in [-0.1, -0.05) is 18.2 Å². The quantitative estimate of drug-likeness (QED) is 0.472. The lowest BCUT2D eigenvalue weighted by Gasteiger charge is -2.45. The van der Waals surface area contributed by atoms with Crippen molar-refractivity contribution in [2.24, 2.45) is 5.92 Å². The van der Waals surface area contributed by atoms with Gasteiger partial charge in [-0.05, 0) is 26.3 Å². The second kappa shape index (κ2) is 9.28. The van der Waals surface area contributed by atoms with E-state index in [2.05, 4.69) is 20.2 Å². The molecule has 4 atom stereocenters. The van der Waals surface area contributed by atoms with Crippen LogP contribution in [0, 0.1) is 18.7 Å². The van der Waals surface area contributed by atoms with Crippen molar-refractivity contribution in [2.45, 2.75) is 44.9 Å². The van der Waals surface area contributed by atoms with Crippen LogP contribution < -0.4 is 15.0 Å². The number of carbonyl (C=O) groups is 1. The molecule has 11 heteroatoms. The highest BCUT2D eigenvalue weighted by molar-refractivity contribution is 5.94. The Morgan fingerprint density at radius 1 is 1.18 bits per heavy atom. The number of carbonyl (C=O) groups excluding carboxylic acids is 1. The van der Waals surface area contributed by atoms with E-state index in [4.69, 9.17) is 4.74 Å². The van der Waals surface area contributed by atoms with Crippen molar-refractivity contribution in [2.75, 3.05) is 36.5 Å². The van der Waals surface area contributed by atoms with Crippen LogP contribution in [0.15, 0.2) is 30.3 Å². The van der Waals surface area contributed by atoms with Gasteiger partial charge in [-0.25, -0.2) is 27.5 Å². The van der Waals surface area contributed by atoms with E-state index in [0.717, 1.165) is 11.8 Å². The monoisotopic (exact) mass is 529 g/mol. The Hall–Kier alpha value is -3.63. The summed E-state index contributed by atoms with van der Waals surface area (Å²) in [6.07, 6.45) is -3.64. The average Bonchev–Trinajstić information content (AvgIpc) is 3.63. The minimum atomic E-state index is -2.91. The number of benzene rings is 2. The first-order valence-corrected chi connectivity index (χ1v) is 12.7. The van der Waals surface area contributed by atoms with Crippen LogP contribution in [-0.4, -0.2) is 59.2 Å². The number of hydrogen-bond acceptors (Lipinski definition) is 6. The van der Waals surface area contributed by atoms with Gasteiger partial charge in [0.15, 0.2) is 0 Å². The molecule has 0 bridgehead atoms. The Bertz CT molecular complexity index is 1420. The van der Waals surface area contributed by atoms with E-state index in [9.17, 15) is 22.4 Å². The maximum Gasteiger partial charge on any atom is 0.266 e. The van der Waals surface area contributed by atoms with Crippen LogP contribution in [0.4, 0.5) is 29.1 Å². The minimum Gasteiger partial charge on any atom is -0.489 e. The predicted octanol–water partition coefficient (Wildman–Crippen LogP) is 4.96. The van der Waals surface area contributed by atoms with Crippen LogP contribution in [0.25, 0.3) is 10.9 Å². The zero-order chi connectivity index (χ0) is 26.7. The van der Waals surface area contributed by atoms with Crippen LogP contribution in [0.2, 0.25) is 0 Å². The number of fused-ring (bicyclic) bond motifs is 4. The summed E-state index contributed by atoms with van der Waals surface area (Å²) >= 11 is 0. The Labute approximate surface area is 216 Å². The predicted molar refractivity (Wildman–Crippen MR) is 134 cm³/mol. The van der Waals surface area contributed by atoms with Crippen LogP contribution in [0.3, 0.4) is 0 Å². The molecule has 1 amide bonds. The third-order valence-electron chi connectivity index (χ3n) is 7.57. The molecule has 1 N–H and O–H groups in total. The molecule has 38 heavy (non-hydrogen) atoms. The molecule has 0 radical (unpaired) electrons. The van der Waals surface area contributed by atoms with E-state index in [1.807, 2.05) is 12.1 Å². The van der Waals surface area contributed by atoms with Crippen molar-refractivity contribution in [1.82, 2.24) is 14.9 Å². The molecule has 3 heterocycles. The van der Waals surface area contributed by atoms with Gasteiger partial charge in [0.25, 0.3) is 6.43 Å². The van der Waals surface area contributed by atoms with Crippen molar-refractivity contribution in [1.29, 1.82) is 0 Å². The lowest BCUT2D eigenvalue weighted by atomic mass is 10.0. The van der Waals surface area contributed by atoms with E-state index >= 15 is 0 Å². The Morgan fingerprint density at radius 3 is 2.68 bits per heavy atom. The molecule has 1 saturated carbocycles. The number of piperazine rings is 1. The van der Waals surface area contributed by atoms with Gasteiger partial charge >= 0.3 is 0 Å². The number of hydrogen-bond donors (Lipinski definition) is 1. The number of aromatic nitrogens is 2. The van der Waals surface area contributed by atoms with Crippen molar-refractivity contribution in [3.8, 4) is 5.75 Å². The summed E-state index contributed by atoms with van der Waals surface area (Å²) in [7, 11) is 0. The number of halogens is 4. The molecule has 0 spiro atoms. The first kappa shape index (κ1) is 24.7. The summed E-state index contributed by atoms with van der Waals surface area (Å²) < 4.78 is 60.8. The molecule has 2 aromatic carbocycles. The number of ether oxygens (including phenoxy) is 1. The van der Waals surface area contributed by atoms with Gasteiger partial charge in [-0.15, -0.1) is 0 Å². The summed E-state index contributed by atoms with van der Waals surface area (Å²) in [4.78, 5) is 25.6. The third-order valence-corrected chi connectivity index (χ3v) is 7.57. The largest absolute Gasteiger partial charge is 0.489 e. The zero-order valence-corrected chi connectivity index (χ0v) is 20.9. The molecule has 2 fully saturated rings. The highest BCUT2D eigenvalue weighted by Crippen LogP contribution is 2.41. The number of nitrogens with one attached hydrogen (secondary N) is 1. The fraction of sp³-hybridized carbons (Fsp3) is 0.444. The number of aryl methyl sites for hydroxylation is 1. The van der Waals surface area contributed by atoms with Crippen molar-refractivity contribution in [3.05, 3.63) is 53.1 Å². The van der Waals surface area contributed by atoms with Gasteiger partial charge in [0.1, 0.15) is 36.0 Å². The summed E-state index contributed by atoms with van der Waals surface area (Å²) in [6.45, 7) is 5.32. The highest BCUT2D eigenvalue weighted by atomic mass is 19.3. The van der Waals surface area contributed by atoms with E-state index in [1.54, 1.807) is 18.7 Å². The van der Waals surface area contributed by atoms with Crippen LogP contribution >= 0.6 is 0 Å². The maximum absolute atomic E-state index is 14.8. The fourth-order valence-corrected chi connectivity index (χ4v) is 5.42. The normalized spacial score (nSPS) is 23.1. The molecule has 2 aliphatic heterocycles. The van der Waals surface area contributed by atoms with E-state index in [0.29, 0.717) is 61.0 Å². The molecule has 1 saturated heterocycles. The number of anilines is 2. The number of nitrogens with zero attached hydrogens (tertiary/aromatic N) is 4. The molecule has 3 aromatic rings. The summed E-state index contributed by atoms with van der Waals surface area (Å²) in [5.74, 6) is 0.0130. The average molecular weight is 530 g/mol. The molecule has 0 unspecified atom stereocenters.